The molecule has 1 aromatic heterocycles. The average molecular weight is 236 g/mol. The predicted molar refractivity (Wildman–Crippen MR) is 71.1 cm³/mol. The minimum Gasteiger partial charge on any atom is -0.379 e. The number of hydrogen-bond donors (Lipinski definition) is 1. The van der Waals surface area contributed by atoms with E-state index in [0.29, 0.717) is 12.1 Å². The first-order valence-corrected chi connectivity index (χ1v) is 6.46. The van der Waals surface area contributed by atoms with Gasteiger partial charge in [0.2, 0.25) is 0 Å². The maximum Gasteiger partial charge on any atom is 0.0518 e. The molecule has 1 N–H and O–H groups in total. The van der Waals surface area contributed by atoms with Gasteiger partial charge in [-0.1, -0.05) is 6.92 Å². The largest absolute Gasteiger partial charge is 0.379 e. The fraction of sp³-hybridized carbons (Fsp3) is 0.643. The Morgan fingerprint density at radius 1 is 1.29 bits per heavy atom. The normalized spacial score (nSPS) is 12.9. The van der Waals surface area contributed by atoms with Gasteiger partial charge in [-0.15, -0.1) is 0 Å². The number of aromatic nitrogens is 1. The van der Waals surface area contributed by atoms with E-state index in [4.69, 9.17) is 4.74 Å². The summed E-state index contributed by atoms with van der Waals surface area (Å²) in [5, 5.41) is 3.50. The molecule has 0 fully saturated rings. The summed E-state index contributed by atoms with van der Waals surface area (Å²) in [6.07, 6.45) is 6.11. The van der Waals surface area contributed by atoms with E-state index in [1.54, 1.807) is 0 Å². The van der Waals surface area contributed by atoms with Gasteiger partial charge in [-0.25, -0.2) is 0 Å². The van der Waals surface area contributed by atoms with Crippen molar-refractivity contribution in [2.24, 2.45) is 0 Å². The molecule has 0 aliphatic heterocycles. The van der Waals surface area contributed by atoms with Gasteiger partial charge in [-0.05, 0) is 50.9 Å². The molecule has 0 amide bonds. The van der Waals surface area contributed by atoms with Crippen LogP contribution in [-0.2, 0) is 11.2 Å². The van der Waals surface area contributed by atoms with Crippen molar-refractivity contribution in [3.05, 3.63) is 30.1 Å². The van der Waals surface area contributed by atoms with Gasteiger partial charge in [0.25, 0.3) is 0 Å². The zero-order chi connectivity index (χ0) is 12.5. The standard InChI is InChI=1S/C14H24N2O/c1-4-16-14(7-10-17-12(2)3)11-13-5-8-15-9-6-13/h5-6,8-9,12,14,16H,4,7,10-11H2,1-3H3. The lowest BCUT2D eigenvalue weighted by Gasteiger charge is -2.18. The van der Waals surface area contributed by atoms with Crippen molar-refractivity contribution in [1.82, 2.24) is 10.3 Å². The quantitative estimate of drug-likeness (QED) is 0.752. The molecule has 96 valence electrons. The zero-order valence-corrected chi connectivity index (χ0v) is 11.1. The fourth-order valence-electron chi connectivity index (χ4n) is 1.81. The summed E-state index contributed by atoms with van der Waals surface area (Å²) < 4.78 is 5.60. The molecule has 0 saturated carbocycles. The van der Waals surface area contributed by atoms with Gasteiger partial charge in [0.15, 0.2) is 0 Å². The summed E-state index contributed by atoms with van der Waals surface area (Å²) in [5.74, 6) is 0. The molecule has 1 aromatic rings. The third-order valence-corrected chi connectivity index (χ3v) is 2.64. The van der Waals surface area contributed by atoms with Gasteiger partial charge in [-0.2, -0.15) is 0 Å². The fourth-order valence-corrected chi connectivity index (χ4v) is 1.81. The Labute approximate surface area is 105 Å². The van der Waals surface area contributed by atoms with Gasteiger partial charge in [-0.3, -0.25) is 4.98 Å². The Hall–Kier alpha value is -0.930. The minimum absolute atomic E-state index is 0.318. The molecule has 3 heteroatoms. The van der Waals surface area contributed by atoms with Crippen molar-refractivity contribution in [3.8, 4) is 0 Å². The van der Waals surface area contributed by atoms with Crippen molar-refractivity contribution in [3.63, 3.8) is 0 Å². The Bertz CT molecular complexity index is 288. The zero-order valence-electron chi connectivity index (χ0n) is 11.1. The van der Waals surface area contributed by atoms with E-state index in [0.717, 1.165) is 26.0 Å². The summed E-state index contributed by atoms with van der Waals surface area (Å²) in [4.78, 5) is 4.04. The van der Waals surface area contributed by atoms with E-state index in [-0.39, 0.29) is 0 Å². The molecule has 0 radical (unpaired) electrons. The predicted octanol–water partition coefficient (Wildman–Crippen LogP) is 2.42. The lowest BCUT2D eigenvalue weighted by Crippen LogP contribution is -2.32. The van der Waals surface area contributed by atoms with E-state index in [1.165, 1.54) is 5.56 Å². The topological polar surface area (TPSA) is 34.1 Å². The third kappa shape index (κ3) is 6.39. The third-order valence-electron chi connectivity index (χ3n) is 2.64. The van der Waals surface area contributed by atoms with E-state index in [1.807, 2.05) is 12.4 Å². The van der Waals surface area contributed by atoms with Crippen molar-refractivity contribution in [1.29, 1.82) is 0 Å². The van der Waals surface area contributed by atoms with E-state index in [2.05, 4.69) is 43.2 Å². The second kappa shape index (κ2) is 8.20. The molecular weight excluding hydrogens is 212 g/mol. The number of likely N-dealkylation sites (N-methyl/N-ethyl adjacent to an activating group) is 1. The molecule has 1 unspecified atom stereocenters. The van der Waals surface area contributed by atoms with Crippen LogP contribution >= 0.6 is 0 Å². The molecule has 1 rings (SSSR count). The Balaban J connectivity index is 2.37. The lowest BCUT2D eigenvalue weighted by molar-refractivity contribution is 0.0716. The highest BCUT2D eigenvalue weighted by Gasteiger charge is 2.08. The first-order chi connectivity index (χ1) is 8.22. The molecule has 3 nitrogen and oxygen atoms in total. The molecule has 0 aliphatic carbocycles. The van der Waals surface area contributed by atoms with Gasteiger partial charge in [0.1, 0.15) is 0 Å². The number of pyridine rings is 1. The van der Waals surface area contributed by atoms with Crippen LogP contribution in [0.15, 0.2) is 24.5 Å². The van der Waals surface area contributed by atoms with E-state index in [9.17, 15) is 0 Å². The first-order valence-electron chi connectivity index (χ1n) is 6.46. The number of nitrogens with one attached hydrogen (secondary N) is 1. The monoisotopic (exact) mass is 236 g/mol. The second-order valence-electron chi connectivity index (χ2n) is 4.52. The second-order valence-corrected chi connectivity index (χ2v) is 4.52. The van der Waals surface area contributed by atoms with Crippen LogP contribution in [0.3, 0.4) is 0 Å². The van der Waals surface area contributed by atoms with E-state index < -0.39 is 0 Å². The highest BCUT2D eigenvalue weighted by atomic mass is 16.5. The summed E-state index contributed by atoms with van der Waals surface area (Å²) in [6.45, 7) is 8.11. The SMILES string of the molecule is CCNC(CCOC(C)C)Cc1ccncc1. The molecule has 1 atom stereocenters. The van der Waals surface area contributed by atoms with Crippen LogP contribution in [0.1, 0.15) is 32.8 Å². The number of hydrogen-bond acceptors (Lipinski definition) is 3. The summed E-state index contributed by atoms with van der Waals surface area (Å²) in [5.41, 5.74) is 1.33. The number of ether oxygens (including phenoxy) is 1. The smallest absolute Gasteiger partial charge is 0.0518 e. The van der Waals surface area contributed by atoms with Gasteiger partial charge in [0.05, 0.1) is 6.10 Å². The lowest BCUT2D eigenvalue weighted by atomic mass is 10.0. The van der Waals surface area contributed by atoms with Gasteiger partial charge < -0.3 is 10.1 Å². The molecule has 0 bridgehead atoms. The van der Waals surface area contributed by atoms with Crippen LogP contribution in [0.5, 0.6) is 0 Å². The molecule has 0 spiro atoms. The Morgan fingerprint density at radius 3 is 2.59 bits per heavy atom. The van der Waals surface area contributed by atoms with Crippen LogP contribution in [-0.4, -0.2) is 30.3 Å². The maximum atomic E-state index is 5.60. The van der Waals surface area contributed by atoms with Crippen LogP contribution in [0.4, 0.5) is 0 Å². The molecule has 0 aromatic carbocycles. The van der Waals surface area contributed by atoms with Crippen molar-refractivity contribution in [2.75, 3.05) is 13.2 Å². The van der Waals surface area contributed by atoms with Crippen LogP contribution < -0.4 is 5.32 Å². The number of rotatable bonds is 8. The molecular formula is C14H24N2O. The highest BCUT2D eigenvalue weighted by Crippen LogP contribution is 2.05. The average Bonchev–Trinajstić information content (AvgIpc) is 2.30. The van der Waals surface area contributed by atoms with Crippen LogP contribution in [0.25, 0.3) is 0 Å². The molecule has 17 heavy (non-hydrogen) atoms. The summed E-state index contributed by atoms with van der Waals surface area (Å²) in [7, 11) is 0. The molecule has 0 aliphatic rings. The molecule has 0 saturated heterocycles. The van der Waals surface area contributed by atoms with Crippen LogP contribution in [0, 0.1) is 0 Å². The molecule has 1 heterocycles. The van der Waals surface area contributed by atoms with Crippen molar-refractivity contribution >= 4 is 0 Å². The van der Waals surface area contributed by atoms with Gasteiger partial charge in [0, 0.05) is 25.0 Å². The van der Waals surface area contributed by atoms with Crippen molar-refractivity contribution in [2.45, 2.75) is 45.8 Å². The summed E-state index contributed by atoms with van der Waals surface area (Å²) >= 11 is 0. The summed E-state index contributed by atoms with van der Waals surface area (Å²) in [6, 6.07) is 4.64. The van der Waals surface area contributed by atoms with Crippen LogP contribution in [0.2, 0.25) is 0 Å². The number of nitrogens with zero attached hydrogens (tertiary/aromatic N) is 1. The Morgan fingerprint density at radius 2 is 2.00 bits per heavy atom. The first kappa shape index (κ1) is 14.1. The Kier molecular flexibility index (Phi) is 6.82. The van der Waals surface area contributed by atoms with Crippen molar-refractivity contribution < 1.29 is 4.74 Å². The minimum atomic E-state index is 0.318. The van der Waals surface area contributed by atoms with E-state index >= 15 is 0 Å². The highest BCUT2D eigenvalue weighted by molar-refractivity contribution is 5.11. The van der Waals surface area contributed by atoms with Gasteiger partial charge >= 0.3 is 0 Å². The maximum absolute atomic E-state index is 5.60.